The van der Waals surface area contributed by atoms with Crippen LogP contribution in [0.5, 0.6) is 0 Å². The van der Waals surface area contributed by atoms with Crippen molar-refractivity contribution in [2.45, 2.75) is 18.9 Å². The van der Waals surface area contributed by atoms with Gasteiger partial charge in [-0.1, -0.05) is 24.3 Å². The average molecular weight is 417 g/mol. The van der Waals surface area contributed by atoms with Crippen molar-refractivity contribution in [1.82, 2.24) is 4.90 Å². The van der Waals surface area contributed by atoms with Crippen LogP contribution in [-0.4, -0.2) is 61.3 Å². The van der Waals surface area contributed by atoms with E-state index >= 15 is 0 Å². The van der Waals surface area contributed by atoms with E-state index in [2.05, 4.69) is 26.5 Å². The van der Waals surface area contributed by atoms with Crippen LogP contribution < -0.4 is 15.5 Å². The maximum absolute atomic E-state index is 11.6. The van der Waals surface area contributed by atoms with E-state index < -0.39 is 6.10 Å². The van der Waals surface area contributed by atoms with Crippen molar-refractivity contribution in [2.24, 2.45) is 0 Å². The number of piperazine rings is 1. The van der Waals surface area contributed by atoms with Crippen molar-refractivity contribution in [2.75, 3.05) is 54.8 Å². The van der Waals surface area contributed by atoms with Gasteiger partial charge in [0.15, 0.2) is 0 Å². The number of nitrogens with zero attached hydrogens (tertiary/aromatic N) is 2. The van der Waals surface area contributed by atoms with Crippen molar-refractivity contribution in [3.63, 3.8) is 0 Å². The average Bonchev–Trinajstić information content (AvgIpc) is 2.73. The number of aliphatic hydroxyl groups excluding tert-OH is 1. The molecule has 29 heavy (non-hydrogen) atoms. The van der Waals surface area contributed by atoms with Crippen LogP contribution in [0.15, 0.2) is 48.5 Å². The Morgan fingerprint density at radius 3 is 2.52 bits per heavy atom. The molecule has 0 saturated carbocycles. The van der Waals surface area contributed by atoms with Gasteiger partial charge in [0.05, 0.1) is 6.10 Å². The third kappa shape index (κ3) is 5.41. The monoisotopic (exact) mass is 416 g/mol. The largest absolute Gasteiger partial charge is 0.390 e. The highest BCUT2D eigenvalue weighted by atomic mass is 35.5. The van der Waals surface area contributed by atoms with Crippen molar-refractivity contribution < 1.29 is 9.90 Å². The lowest BCUT2D eigenvalue weighted by atomic mass is 10.00. The van der Waals surface area contributed by atoms with E-state index in [0.717, 1.165) is 44.0 Å². The van der Waals surface area contributed by atoms with Gasteiger partial charge in [-0.15, -0.1) is 12.4 Å². The highest BCUT2D eigenvalue weighted by Crippen LogP contribution is 2.32. The minimum atomic E-state index is -0.397. The van der Waals surface area contributed by atoms with Gasteiger partial charge in [0.2, 0.25) is 5.91 Å². The van der Waals surface area contributed by atoms with Crippen molar-refractivity contribution >= 4 is 35.4 Å². The molecule has 0 radical (unpaired) electrons. The number of hydrogen-bond acceptors (Lipinski definition) is 5. The normalized spacial score (nSPS) is 17.7. The Hall–Kier alpha value is -2.28. The zero-order valence-corrected chi connectivity index (χ0v) is 17.3. The number of carbonyl (C=O) groups is 1. The standard InChI is InChI=1S/C22H28N4O2.ClH/c27-18(15-23-17-5-2-1-3-6-17)16-25-11-13-26(14-12-25)21-8-4-7-20-19(21)9-10-22(28)24-20;/h1-8,18,23,27H,9-16H2,(H,24,28);1H/t18-;/m1./s1. The molecule has 0 aliphatic carbocycles. The maximum Gasteiger partial charge on any atom is 0.224 e. The lowest BCUT2D eigenvalue weighted by molar-refractivity contribution is -0.116. The van der Waals surface area contributed by atoms with E-state index in [4.69, 9.17) is 0 Å². The Labute approximate surface area is 178 Å². The van der Waals surface area contributed by atoms with Crippen molar-refractivity contribution in [3.05, 3.63) is 54.1 Å². The molecule has 1 amide bonds. The van der Waals surface area contributed by atoms with Gasteiger partial charge in [0.25, 0.3) is 0 Å². The van der Waals surface area contributed by atoms with E-state index in [9.17, 15) is 9.90 Å². The second-order valence-electron chi connectivity index (χ2n) is 7.54. The molecule has 3 N–H and O–H groups in total. The topological polar surface area (TPSA) is 67.8 Å². The number of hydrogen-bond donors (Lipinski definition) is 3. The number of β-amino-alcohol motifs (C(OH)–C–C–N with tert-alkyl or cyclic N) is 1. The summed E-state index contributed by atoms with van der Waals surface area (Å²) in [5, 5.41) is 16.6. The van der Waals surface area contributed by atoms with Crippen LogP contribution in [0.2, 0.25) is 0 Å². The van der Waals surface area contributed by atoms with Gasteiger partial charge >= 0.3 is 0 Å². The summed E-state index contributed by atoms with van der Waals surface area (Å²) in [6.45, 7) is 4.95. The third-order valence-electron chi connectivity index (χ3n) is 5.52. The van der Waals surface area contributed by atoms with E-state index in [1.54, 1.807) is 0 Å². The molecular formula is C22H29ClN4O2. The zero-order chi connectivity index (χ0) is 19.3. The summed E-state index contributed by atoms with van der Waals surface area (Å²) in [6.07, 6.45) is 0.970. The van der Waals surface area contributed by atoms with Crippen molar-refractivity contribution in [3.8, 4) is 0 Å². The molecule has 1 saturated heterocycles. The first-order chi connectivity index (χ1) is 13.7. The predicted octanol–water partition coefficient (Wildman–Crippen LogP) is 2.59. The van der Waals surface area contributed by atoms with Crippen LogP contribution in [0.3, 0.4) is 0 Å². The first-order valence-corrected chi connectivity index (χ1v) is 10.0. The molecule has 4 rings (SSSR count). The lowest BCUT2D eigenvalue weighted by Crippen LogP contribution is -2.49. The first-order valence-electron chi connectivity index (χ1n) is 10.0. The van der Waals surface area contributed by atoms with Gasteiger partial charge < -0.3 is 20.6 Å². The van der Waals surface area contributed by atoms with Gasteiger partial charge in [-0.05, 0) is 36.2 Å². The molecule has 0 aromatic heterocycles. The maximum atomic E-state index is 11.6. The minimum Gasteiger partial charge on any atom is -0.390 e. The Morgan fingerprint density at radius 1 is 1.00 bits per heavy atom. The van der Waals surface area contributed by atoms with Crippen LogP contribution in [0, 0.1) is 0 Å². The van der Waals surface area contributed by atoms with Crippen LogP contribution in [-0.2, 0) is 11.2 Å². The first kappa shape index (κ1) is 21.4. The van der Waals surface area contributed by atoms with Crippen LogP contribution in [0.1, 0.15) is 12.0 Å². The number of halogens is 1. The molecule has 1 atom stereocenters. The smallest absolute Gasteiger partial charge is 0.224 e. The van der Waals surface area contributed by atoms with Crippen LogP contribution in [0.25, 0.3) is 0 Å². The number of aliphatic hydroxyl groups is 1. The summed E-state index contributed by atoms with van der Waals surface area (Å²) in [6, 6.07) is 16.1. The van der Waals surface area contributed by atoms with Crippen LogP contribution >= 0.6 is 12.4 Å². The quantitative estimate of drug-likeness (QED) is 0.675. The van der Waals surface area contributed by atoms with Gasteiger partial charge in [0.1, 0.15) is 0 Å². The number of anilines is 3. The molecule has 2 aromatic rings. The minimum absolute atomic E-state index is 0. The number of amides is 1. The summed E-state index contributed by atoms with van der Waals surface area (Å²) in [7, 11) is 0. The molecular weight excluding hydrogens is 388 g/mol. The Balaban J connectivity index is 0.00000240. The zero-order valence-electron chi connectivity index (χ0n) is 16.5. The summed E-state index contributed by atoms with van der Waals surface area (Å²) in [4.78, 5) is 16.4. The lowest BCUT2D eigenvalue weighted by Gasteiger charge is -2.38. The van der Waals surface area contributed by atoms with E-state index in [0.29, 0.717) is 19.5 Å². The molecule has 6 nitrogen and oxygen atoms in total. The molecule has 2 aromatic carbocycles. The van der Waals surface area contributed by atoms with E-state index in [1.807, 2.05) is 42.5 Å². The number of benzene rings is 2. The Morgan fingerprint density at radius 2 is 1.76 bits per heavy atom. The summed E-state index contributed by atoms with van der Waals surface area (Å²) in [5.74, 6) is 0.104. The SMILES string of the molecule is Cl.O=C1CCc2c(cccc2N2CCN(C[C@H](O)CNc3ccccc3)CC2)N1. The fourth-order valence-corrected chi connectivity index (χ4v) is 4.03. The molecule has 2 aliphatic heterocycles. The van der Waals surface area contributed by atoms with Gasteiger partial charge in [0, 0.05) is 62.8 Å². The molecule has 2 aliphatic rings. The molecule has 0 bridgehead atoms. The number of carbonyl (C=O) groups excluding carboxylic acids is 1. The Kier molecular flexibility index (Phi) is 7.36. The van der Waals surface area contributed by atoms with Crippen molar-refractivity contribution in [1.29, 1.82) is 0 Å². The summed E-state index contributed by atoms with van der Waals surface area (Å²) in [5.41, 5.74) is 4.48. The fourth-order valence-electron chi connectivity index (χ4n) is 4.03. The number of para-hydroxylation sites is 1. The highest BCUT2D eigenvalue weighted by Gasteiger charge is 2.24. The number of nitrogens with one attached hydrogen (secondary N) is 2. The second-order valence-corrected chi connectivity index (χ2v) is 7.54. The highest BCUT2D eigenvalue weighted by molar-refractivity contribution is 5.95. The predicted molar refractivity (Wildman–Crippen MR) is 120 cm³/mol. The van der Waals surface area contributed by atoms with Gasteiger partial charge in [-0.2, -0.15) is 0 Å². The summed E-state index contributed by atoms with van der Waals surface area (Å²) >= 11 is 0. The molecule has 1 fully saturated rings. The molecule has 156 valence electrons. The van der Waals surface area contributed by atoms with Gasteiger partial charge in [-0.3, -0.25) is 9.69 Å². The Bertz CT molecular complexity index is 810. The van der Waals surface area contributed by atoms with Gasteiger partial charge in [-0.25, -0.2) is 0 Å². The van der Waals surface area contributed by atoms with E-state index in [1.165, 1.54) is 11.3 Å². The fraction of sp³-hybridized carbons (Fsp3) is 0.409. The van der Waals surface area contributed by atoms with E-state index in [-0.39, 0.29) is 18.3 Å². The second kappa shape index (κ2) is 9.96. The molecule has 7 heteroatoms. The molecule has 0 unspecified atom stereocenters. The molecule has 0 spiro atoms. The number of rotatable bonds is 6. The summed E-state index contributed by atoms with van der Waals surface area (Å²) < 4.78 is 0. The third-order valence-corrected chi connectivity index (χ3v) is 5.52. The van der Waals surface area contributed by atoms with Crippen LogP contribution in [0.4, 0.5) is 17.1 Å². The number of fused-ring (bicyclic) bond motifs is 1. The molecule has 2 heterocycles.